The van der Waals surface area contributed by atoms with E-state index in [0.29, 0.717) is 16.9 Å². The topological polar surface area (TPSA) is 76.7 Å². The molecule has 5 nitrogen and oxygen atoms in total. The predicted molar refractivity (Wildman–Crippen MR) is 90.4 cm³/mol. The van der Waals surface area contributed by atoms with Crippen molar-refractivity contribution in [3.8, 4) is 16.9 Å². The summed E-state index contributed by atoms with van der Waals surface area (Å²) >= 11 is 0. The summed E-state index contributed by atoms with van der Waals surface area (Å²) in [6.07, 6.45) is -0.995. The fourth-order valence-electron chi connectivity index (χ4n) is 2.57. The van der Waals surface area contributed by atoms with Crippen LogP contribution >= 0.6 is 0 Å². The summed E-state index contributed by atoms with van der Waals surface area (Å²) < 4.78 is 10.8. The Morgan fingerprint density at radius 1 is 1.17 bits per heavy atom. The van der Waals surface area contributed by atoms with E-state index in [4.69, 9.17) is 14.3 Å². The number of hydrogen-bond donors (Lipinski definition) is 1. The van der Waals surface area contributed by atoms with Gasteiger partial charge in [-0.2, -0.15) is 0 Å². The van der Waals surface area contributed by atoms with E-state index in [1.807, 2.05) is 30.3 Å². The Balaban J connectivity index is 2.19. The number of benzene rings is 2. The summed E-state index contributed by atoms with van der Waals surface area (Å²) in [6.45, 7) is 3.19. The number of carboxylic acids is 1. The normalized spacial score (nSPS) is 12.1. The molecule has 3 aromatic rings. The third-order valence-corrected chi connectivity index (χ3v) is 3.85. The van der Waals surface area contributed by atoms with Crippen LogP contribution in [0.1, 0.15) is 12.5 Å². The summed E-state index contributed by atoms with van der Waals surface area (Å²) in [5.74, 6) is -0.681. The molecule has 0 aliphatic rings. The summed E-state index contributed by atoms with van der Waals surface area (Å²) in [4.78, 5) is 22.9. The maximum absolute atomic E-state index is 12.0. The number of carbonyl (C=O) groups is 1. The fraction of sp³-hybridized carbons (Fsp3) is 0.158. The molecule has 0 amide bonds. The van der Waals surface area contributed by atoms with E-state index in [9.17, 15) is 9.59 Å². The van der Waals surface area contributed by atoms with Gasteiger partial charge in [0.05, 0.1) is 0 Å². The molecule has 5 heteroatoms. The number of ether oxygens (including phenoxy) is 1. The molecule has 0 bridgehead atoms. The minimum Gasteiger partial charge on any atom is -0.479 e. The zero-order chi connectivity index (χ0) is 17.3. The van der Waals surface area contributed by atoms with Crippen LogP contribution < -0.4 is 10.4 Å². The first kappa shape index (κ1) is 15.8. The van der Waals surface area contributed by atoms with E-state index in [1.165, 1.54) is 13.0 Å². The summed E-state index contributed by atoms with van der Waals surface area (Å²) in [5, 5.41) is 9.76. The van der Waals surface area contributed by atoms with Gasteiger partial charge in [-0.15, -0.1) is 0 Å². The van der Waals surface area contributed by atoms with Crippen molar-refractivity contribution in [2.24, 2.45) is 0 Å². The third kappa shape index (κ3) is 2.88. The van der Waals surface area contributed by atoms with Crippen molar-refractivity contribution in [1.82, 2.24) is 0 Å². The summed E-state index contributed by atoms with van der Waals surface area (Å²) in [6, 6.07) is 14.5. The van der Waals surface area contributed by atoms with Crippen LogP contribution in [-0.2, 0) is 4.79 Å². The summed E-state index contributed by atoms with van der Waals surface area (Å²) in [7, 11) is 0. The van der Waals surface area contributed by atoms with E-state index in [0.717, 1.165) is 16.5 Å². The lowest BCUT2D eigenvalue weighted by Crippen LogP contribution is -2.23. The number of aryl methyl sites for hydroxylation is 1. The number of fused-ring (bicyclic) bond motifs is 1. The molecule has 0 unspecified atom stereocenters. The van der Waals surface area contributed by atoms with Gasteiger partial charge in [-0.1, -0.05) is 30.3 Å². The number of carboxylic acid groups (broad SMARTS) is 1. The maximum Gasteiger partial charge on any atom is 0.344 e. The van der Waals surface area contributed by atoms with Gasteiger partial charge in [0.1, 0.15) is 11.3 Å². The van der Waals surface area contributed by atoms with Gasteiger partial charge in [0.15, 0.2) is 6.10 Å². The molecule has 1 atom stereocenters. The SMILES string of the molecule is Cc1c(O[C@@H](C)C(=O)O)ccc2c(-c3ccccc3)cc(=O)oc12. The van der Waals surface area contributed by atoms with Crippen LogP contribution in [0.4, 0.5) is 0 Å². The molecular formula is C19H16O5. The van der Waals surface area contributed by atoms with E-state index in [1.54, 1.807) is 19.1 Å². The standard InChI is InChI=1S/C19H16O5/c1-11-16(23-12(2)19(21)22)9-8-14-15(10-17(20)24-18(11)14)13-6-4-3-5-7-13/h3-10,12H,1-2H3,(H,21,22)/t12-/m0/s1. The first-order valence-corrected chi connectivity index (χ1v) is 7.49. The number of rotatable bonds is 4. The lowest BCUT2D eigenvalue weighted by molar-refractivity contribution is -0.144. The van der Waals surface area contributed by atoms with Crippen LogP contribution in [0.5, 0.6) is 5.75 Å². The highest BCUT2D eigenvalue weighted by Gasteiger charge is 2.17. The average molecular weight is 324 g/mol. The van der Waals surface area contributed by atoms with E-state index < -0.39 is 17.7 Å². The quantitative estimate of drug-likeness (QED) is 0.742. The molecule has 0 saturated heterocycles. The second-order valence-electron chi connectivity index (χ2n) is 5.51. The highest BCUT2D eigenvalue weighted by atomic mass is 16.5. The van der Waals surface area contributed by atoms with Crippen LogP contribution in [0.15, 0.2) is 57.7 Å². The molecule has 0 saturated carbocycles. The minimum atomic E-state index is -1.06. The minimum absolute atomic E-state index is 0.380. The molecule has 3 rings (SSSR count). The van der Waals surface area contributed by atoms with Crippen molar-refractivity contribution in [2.75, 3.05) is 0 Å². The molecule has 0 spiro atoms. The molecule has 0 fully saturated rings. The van der Waals surface area contributed by atoms with Crippen LogP contribution in [0.3, 0.4) is 0 Å². The zero-order valence-corrected chi connectivity index (χ0v) is 13.3. The Morgan fingerprint density at radius 2 is 1.88 bits per heavy atom. The van der Waals surface area contributed by atoms with Gasteiger partial charge in [-0.25, -0.2) is 9.59 Å². The molecule has 24 heavy (non-hydrogen) atoms. The van der Waals surface area contributed by atoms with Crippen molar-refractivity contribution < 1.29 is 19.1 Å². The average Bonchev–Trinajstić information content (AvgIpc) is 2.57. The maximum atomic E-state index is 12.0. The Labute approximate surface area is 138 Å². The number of hydrogen-bond acceptors (Lipinski definition) is 4. The predicted octanol–water partition coefficient (Wildman–Crippen LogP) is 3.62. The van der Waals surface area contributed by atoms with Gasteiger partial charge < -0.3 is 14.3 Å². The number of aliphatic carboxylic acids is 1. The Kier molecular flexibility index (Phi) is 4.08. The molecular weight excluding hydrogens is 308 g/mol. The molecule has 0 aliphatic carbocycles. The fourth-order valence-corrected chi connectivity index (χ4v) is 2.57. The zero-order valence-electron chi connectivity index (χ0n) is 13.3. The molecule has 1 heterocycles. The van der Waals surface area contributed by atoms with Crippen molar-refractivity contribution in [3.05, 3.63) is 64.5 Å². The smallest absolute Gasteiger partial charge is 0.344 e. The van der Waals surface area contributed by atoms with Crippen molar-refractivity contribution in [1.29, 1.82) is 0 Å². The van der Waals surface area contributed by atoms with Gasteiger partial charge in [-0.05, 0) is 37.1 Å². The molecule has 122 valence electrons. The molecule has 1 N–H and O–H groups in total. The van der Waals surface area contributed by atoms with Crippen molar-refractivity contribution in [3.63, 3.8) is 0 Å². The van der Waals surface area contributed by atoms with Crippen molar-refractivity contribution in [2.45, 2.75) is 20.0 Å². The molecule has 0 aliphatic heterocycles. The first-order valence-electron chi connectivity index (χ1n) is 7.49. The molecule has 2 aromatic carbocycles. The second-order valence-corrected chi connectivity index (χ2v) is 5.51. The van der Waals surface area contributed by atoms with Crippen LogP contribution in [0, 0.1) is 6.92 Å². The highest BCUT2D eigenvalue weighted by Crippen LogP contribution is 2.33. The van der Waals surface area contributed by atoms with Crippen LogP contribution in [0.25, 0.3) is 22.1 Å². The Hall–Kier alpha value is -3.08. The first-order chi connectivity index (χ1) is 11.5. The van der Waals surface area contributed by atoms with Gasteiger partial charge in [0.25, 0.3) is 0 Å². The third-order valence-electron chi connectivity index (χ3n) is 3.85. The largest absolute Gasteiger partial charge is 0.479 e. The monoisotopic (exact) mass is 324 g/mol. The Bertz CT molecular complexity index is 957. The van der Waals surface area contributed by atoms with Crippen LogP contribution in [0.2, 0.25) is 0 Å². The molecule has 0 radical (unpaired) electrons. The van der Waals surface area contributed by atoms with Gasteiger partial charge in [-0.3, -0.25) is 0 Å². The highest BCUT2D eigenvalue weighted by molar-refractivity contribution is 5.95. The second kappa shape index (κ2) is 6.20. The van der Waals surface area contributed by atoms with E-state index >= 15 is 0 Å². The summed E-state index contributed by atoms with van der Waals surface area (Å²) in [5.41, 5.74) is 2.20. The lowest BCUT2D eigenvalue weighted by Gasteiger charge is -2.14. The Morgan fingerprint density at radius 3 is 2.54 bits per heavy atom. The van der Waals surface area contributed by atoms with Crippen molar-refractivity contribution >= 4 is 16.9 Å². The van der Waals surface area contributed by atoms with Gasteiger partial charge >= 0.3 is 11.6 Å². The van der Waals surface area contributed by atoms with Gasteiger partial charge in [0.2, 0.25) is 0 Å². The molecule has 1 aromatic heterocycles. The van der Waals surface area contributed by atoms with Crippen LogP contribution in [-0.4, -0.2) is 17.2 Å². The van der Waals surface area contributed by atoms with Gasteiger partial charge in [0, 0.05) is 17.0 Å². The van der Waals surface area contributed by atoms with E-state index in [-0.39, 0.29) is 0 Å². The van der Waals surface area contributed by atoms with E-state index in [2.05, 4.69) is 0 Å². The lowest BCUT2D eigenvalue weighted by atomic mass is 10.00.